The Kier molecular flexibility index (Phi) is 4.70. The van der Waals surface area contributed by atoms with E-state index in [1.807, 2.05) is 0 Å². The van der Waals surface area contributed by atoms with Gasteiger partial charge >= 0.3 is 0 Å². The number of likely N-dealkylation sites (N-methyl/N-ethyl adjacent to an activating group) is 1. The molecule has 0 spiro atoms. The molecule has 6 heteroatoms. The van der Waals surface area contributed by atoms with Crippen molar-refractivity contribution in [2.45, 2.75) is 0 Å². The molecule has 0 saturated heterocycles. The van der Waals surface area contributed by atoms with Gasteiger partial charge in [-0.25, -0.2) is 0 Å². The number of rotatable bonds is 3. The lowest BCUT2D eigenvalue weighted by atomic mass is 10.2. The fourth-order valence-electron chi connectivity index (χ4n) is 1.20. The van der Waals surface area contributed by atoms with Crippen LogP contribution < -0.4 is 5.73 Å². The predicted molar refractivity (Wildman–Crippen MR) is 72.9 cm³/mol. The molecule has 0 saturated carbocycles. The quantitative estimate of drug-likeness (QED) is 0.870. The van der Waals surface area contributed by atoms with Crippen molar-refractivity contribution in [1.82, 2.24) is 4.90 Å². The molecule has 0 aliphatic carbocycles. The summed E-state index contributed by atoms with van der Waals surface area (Å²) in [7, 11) is 1.64. The molecule has 3 nitrogen and oxygen atoms in total. The highest BCUT2D eigenvalue weighted by molar-refractivity contribution is 9.10. The summed E-state index contributed by atoms with van der Waals surface area (Å²) < 4.78 is 0.757. The van der Waals surface area contributed by atoms with Crippen LogP contribution in [-0.2, 0) is 0 Å². The number of nitrogens with two attached hydrogens (primary N) is 1. The van der Waals surface area contributed by atoms with Crippen LogP contribution in [0.4, 0.5) is 0 Å². The van der Waals surface area contributed by atoms with Crippen molar-refractivity contribution in [3.05, 3.63) is 33.3 Å². The summed E-state index contributed by atoms with van der Waals surface area (Å²) in [5.41, 5.74) is 5.87. The van der Waals surface area contributed by atoms with Gasteiger partial charge in [-0.15, -0.1) is 0 Å². The smallest absolute Gasteiger partial charge is 0.254 e. The molecular weight excluding hydrogens is 312 g/mol. The first-order valence-electron chi connectivity index (χ1n) is 4.40. The maximum atomic E-state index is 11.9. The largest absolute Gasteiger partial charge is 0.392 e. The van der Waals surface area contributed by atoms with E-state index >= 15 is 0 Å². The summed E-state index contributed by atoms with van der Waals surface area (Å²) in [6.45, 7) is 0.248. The Morgan fingerprint density at radius 2 is 2.19 bits per heavy atom. The molecule has 1 rings (SSSR count). The van der Waals surface area contributed by atoms with E-state index in [9.17, 15) is 4.79 Å². The monoisotopic (exact) mass is 320 g/mol. The van der Waals surface area contributed by atoms with Gasteiger partial charge in [-0.2, -0.15) is 0 Å². The summed E-state index contributed by atoms with van der Waals surface area (Å²) >= 11 is 13.9. The minimum atomic E-state index is -0.170. The standard InChI is InChI=1S/C10H10BrClN2OS/c1-14(5-9(13)16)10(15)6-2-7(11)4-8(12)3-6/h2-4H,5H2,1H3,(H2,13,16). The highest BCUT2D eigenvalue weighted by Gasteiger charge is 2.13. The molecule has 0 atom stereocenters. The number of amides is 1. The van der Waals surface area contributed by atoms with Gasteiger partial charge in [0.1, 0.15) is 0 Å². The average molecular weight is 322 g/mol. The van der Waals surface area contributed by atoms with Crippen LogP contribution in [0.15, 0.2) is 22.7 Å². The van der Waals surface area contributed by atoms with Crippen molar-refractivity contribution in [1.29, 1.82) is 0 Å². The van der Waals surface area contributed by atoms with Crippen molar-refractivity contribution in [2.75, 3.05) is 13.6 Å². The Morgan fingerprint density at radius 3 is 2.69 bits per heavy atom. The predicted octanol–water partition coefficient (Wildman–Crippen LogP) is 2.46. The topological polar surface area (TPSA) is 46.3 Å². The summed E-state index contributed by atoms with van der Waals surface area (Å²) in [6.07, 6.45) is 0. The molecule has 0 aliphatic heterocycles. The lowest BCUT2D eigenvalue weighted by Crippen LogP contribution is -2.34. The minimum absolute atomic E-state index is 0.170. The van der Waals surface area contributed by atoms with E-state index in [0.29, 0.717) is 10.6 Å². The Bertz CT molecular complexity index is 419. The second kappa shape index (κ2) is 5.61. The molecule has 0 unspecified atom stereocenters. The Balaban J connectivity index is 2.91. The van der Waals surface area contributed by atoms with E-state index < -0.39 is 0 Å². The van der Waals surface area contributed by atoms with E-state index in [1.54, 1.807) is 25.2 Å². The molecule has 0 heterocycles. The Hall–Kier alpha value is -0.650. The minimum Gasteiger partial charge on any atom is -0.392 e. The molecule has 1 aromatic rings. The summed E-state index contributed by atoms with van der Waals surface area (Å²) in [5.74, 6) is -0.170. The highest BCUT2D eigenvalue weighted by Crippen LogP contribution is 2.20. The lowest BCUT2D eigenvalue weighted by molar-refractivity contribution is 0.0815. The van der Waals surface area contributed by atoms with Gasteiger partial charge in [0, 0.05) is 22.1 Å². The van der Waals surface area contributed by atoms with Crippen molar-refractivity contribution in [3.63, 3.8) is 0 Å². The molecular formula is C10H10BrClN2OS. The average Bonchev–Trinajstić information content (AvgIpc) is 2.13. The van der Waals surface area contributed by atoms with Crippen LogP contribution in [0.1, 0.15) is 10.4 Å². The van der Waals surface area contributed by atoms with Crippen molar-refractivity contribution < 1.29 is 4.79 Å². The van der Waals surface area contributed by atoms with Gasteiger partial charge in [0.2, 0.25) is 0 Å². The third kappa shape index (κ3) is 3.73. The van der Waals surface area contributed by atoms with Gasteiger partial charge in [0.05, 0.1) is 11.5 Å². The molecule has 0 radical (unpaired) electrons. The van der Waals surface area contributed by atoms with Crippen LogP contribution in [-0.4, -0.2) is 29.4 Å². The maximum Gasteiger partial charge on any atom is 0.254 e. The number of hydrogen-bond donors (Lipinski definition) is 1. The van der Waals surface area contributed by atoms with Crippen LogP contribution in [0, 0.1) is 0 Å². The molecule has 0 aromatic heterocycles. The third-order valence-corrected chi connectivity index (χ3v) is 2.65. The SMILES string of the molecule is CN(CC(N)=S)C(=O)c1cc(Cl)cc(Br)c1. The summed E-state index contributed by atoms with van der Waals surface area (Å²) in [5, 5.41) is 0.501. The zero-order valence-corrected chi connectivity index (χ0v) is 11.7. The number of hydrogen-bond acceptors (Lipinski definition) is 2. The first-order chi connectivity index (χ1) is 7.40. The van der Waals surface area contributed by atoms with Crippen LogP contribution in [0.2, 0.25) is 5.02 Å². The van der Waals surface area contributed by atoms with Gasteiger partial charge in [-0.3, -0.25) is 4.79 Å². The van der Waals surface area contributed by atoms with Gasteiger partial charge in [-0.05, 0) is 18.2 Å². The molecule has 1 aromatic carbocycles. The normalized spacial score (nSPS) is 9.94. The molecule has 86 valence electrons. The Morgan fingerprint density at radius 1 is 1.56 bits per heavy atom. The number of halogens is 2. The summed E-state index contributed by atoms with van der Waals surface area (Å²) in [6, 6.07) is 5.01. The fourth-order valence-corrected chi connectivity index (χ4v) is 2.26. The van der Waals surface area contributed by atoms with Crippen molar-refractivity contribution in [2.24, 2.45) is 5.73 Å². The number of benzene rings is 1. The number of thiocarbonyl (C=S) groups is 1. The van der Waals surface area contributed by atoms with Gasteiger partial charge < -0.3 is 10.6 Å². The van der Waals surface area contributed by atoms with E-state index in [0.717, 1.165) is 4.47 Å². The van der Waals surface area contributed by atoms with Crippen molar-refractivity contribution in [3.8, 4) is 0 Å². The second-order valence-corrected chi connectivity index (χ2v) is 5.16. The third-order valence-electron chi connectivity index (χ3n) is 1.85. The molecule has 2 N–H and O–H groups in total. The lowest BCUT2D eigenvalue weighted by Gasteiger charge is -2.16. The second-order valence-electron chi connectivity index (χ2n) is 3.29. The summed E-state index contributed by atoms with van der Waals surface area (Å²) in [4.78, 5) is 13.6. The number of nitrogens with zero attached hydrogens (tertiary/aromatic N) is 1. The van der Waals surface area contributed by atoms with Crippen LogP contribution >= 0.6 is 39.7 Å². The molecule has 0 fully saturated rings. The first-order valence-corrected chi connectivity index (χ1v) is 5.98. The molecule has 0 bridgehead atoms. The van der Waals surface area contributed by atoms with Gasteiger partial charge in [-0.1, -0.05) is 39.7 Å². The van der Waals surface area contributed by atoms with Crippen LogP contribution in [0.25, 0.3) is 0 Å². The number of carbonyl (C=O) groups is 1. The van der Waals surface area contributed by atoms with Crippen molar-refractivity contribution >= 4 is 50.6 Å². The van der Waals surface area contributed by atoms with Gasteiger partial charge in [0.15, 0.2) is 0 Å². The van der Waals surface area contributed by atoms with E-state index in [2.05, 4.69) is 15.9 Å². The van der Waals surface area contributed by atoms with E-state index in [1.165, 1.54) is 4.90 Å². The molecule has 0 aliphatic rings. The maximum absolute atomic E-state index is 11.9. The molecule has 1 amide bonds. The van der Waals surface area contributed by atoms with E-state index in [4.69, 9.17) is 29.6 Å². The molecule has 16 heavy (non-hydrogen) atoms. The van der Waals surface area contributed by atoms with E-state index in [-0.39, 0.29) is 17.4 Å². The van der Waals surface area contributed by atoms with Crippen LogP contribution in [0.3, 0.4) is 0 Å². The van der Waals surface area contributed by atoms with Crippen LogP contribution in [0.5, 0.6) is 0 Å². The number of carbonyl (C=O) groups excluding carboxylic acids is 1. The fraction of sp³-hybridized carbons (Fsp3) is 0.200. The zero-order chi connectivity index (χ0) is 12.3. The zero-order valence-electron chi connectivity index (χ0n) is 8.54. The first kappa shape index (κ1) is 13.4. The Labute approximate surface area is 113 Å². The highest BCUT2D eigenvalue weighted by atomic mass is 79.9. The van der Waals surface area contributed by atoms with Gasteiger partial charge in [0.25, 0.3) is 5.91 Å².